The quantitative estimate of drug-likeness (QED) is 0.729. The Labute approximate surface area is 135 Å². The van der Waals surface area contributed by atoms with Crippen LogP contribution in [0.3, 0.4) is 0 Å². The highest BCUT2D eigenvalue weighted by molar-refractivity contribution is 9.10. The van der Waals surface area contributed by atoms with Gasteiger partial charge in [0.15, 0.2) is 6.61 Å². The molecule has 116 valence electrons. The summed E-state index contributed by atoms with van der Waals surface area (Å²) in [6, 6.07) is 10.1. The van der Waals surface area contributed by atoms with Gasteiger partial charge < -0.3 is 18.6 Å². The van der Waals surface area contributed by atoms with E-state index in [1.165, 1.54) is 19.2 Å². The molecule has 0 fully saturated rings. The van der Waals surface area contributed by atoms with Gasteiger partial charge in [0, 0.05) is 4.47 Å². The topological polar surface area (TPSA) is 75.0 Å². The van der Waals surface area contributed by atoms with Gasteiger partial charge in [-0.15, -0.1) is 0 Å². The molecule has 0 atom stereocenters. The first kappa shape index (κ1) is 16.1. The first-order valence-corrected chi connectivity index (χ1v) is 7.09. The molecule has 0 aliphatic carbocycles. The number of esters is 2. The summed E-state index contributed by atoms with van der Waals surface area (Å²) >= 11 is 3.30. The second kappa shape index (κ2) is 7.65. The van der Waals surface area contributed by atoms with Crippen LogP contribution in [0.2, 0.25) is 0 Å². The van der Waals surface area contributed by atoms with Crippen LogP contribution in [0.15, 0.2) is 45.3 Å². The number of benzene rings is 1. The van der Waals surface area contributed by atoms with Gasteiger partial charge in [0.1, 0.15) is 18.1 Å². The van der Waals surface area contributed by atoms with E-state index in [0.717, 1.165) is 4.47 Å². The standard InChI is InChI=1S/C15H13BrO6/c1-19-15(18)13-7-6-12(22-13)8-21-14(17)9-20-11-4-2-10(16)3-5-11/h2-7H,8-9H2,1H3. The zero-order valence-corrected chi connectivity index (χ0v) is 13.3. The van der Waals surface area contributed by atoms with Gasteiger partial charge in [-0.2, -0.15) is 0 Å². The van der Waals surface area contributed by atoms with Crippen molar-refractivity contribution < 1.29 is 28.2 Å². The predicted molar refractivity (Wildman–Crippen MR) is 79.5 cm³/mol. The third-order valence-corrected chi connectivity index (χ3v) is 3.12. The molecule has 2 rings (SSSR count). The van der Waals surface area contributed by atoms with Crippen molar-refractivity contribution in [3.63, 3.8) is 0 Å². The molecule has 0 spiro atoms. The summed E-state index contributed by atoms with van der Waals surface area (Å²) in [6.07, 6.45) is 0. The lowest BCUT2D eigenvalue weighted by atomic mass is 10.3. The van der Waals surface area contributed by atoms with Crippen LogP contribution >= 0.6 is 15.9 Å². The summed E-state index contributed by atoms with van der Waals surface area (Å²) in [5.74, 6) is -0.168. The summed E-state index contributed by atoms with van der Waals surface area (Å²) in [5, 5.41) is 0. The molecular formula is C15H13BrO6. The van der Waals surface area contributed by atoms with Crippen LogP contribution in [0.1, 0.15) is 16.3 Å². The first-order chi connectivity index (χ1) is 10.6. The largest absolute Gasteiger partial charge is 0.482 e. The van der Waals surface area contributed by atoms with Crippen molar-refractivity contribution in [1.29, 1.82) is 0 Å². The van der Waals surface area contributed by atoms with Gasteiger partial charge in [0.2, 0.25) is 5.76 Å². The molecular weight excluding hydrogens is 356 g/mol. The van der Waals surface area contributed by atoms with E-state index in [1.807, 2.05) is 0 Å². The monoisotopic (exact) mass is 368 g/mol. The molecule has 0 unspecified atom stereocenters. The second-order valence-electron chi connectivity index (χ2n) is 4.16. The maximum absolute atomic E-state index is 11.6. The zero-order chi connectivity index (χ0) is 15.9. The highest BCUT2D eigenvalue weighted by Crippen LogP contribution is 2.16. The Hall–Kier alpha value is -2.28. The predicted octanol–water partition coefficient (Wildman–Crippen LogP) is 2.95. The third-order valence-electron chi connectivity index (χ3n) is 2.59. The van der Waals surface area contributed by atoms with E-state index in [4.69, 9.17) is 13.9 Å². The fourth-order valence-corrected chi connectivity index (χ4v) is 1.80. The van der Waals surface area contributed by atoms with E-state index in [0.29, 0.717) is 11.5 Å². The number of furan rings is 1. The highest BCUT2D eigenvalue weighted by atomic mass is 79.9. The molecule has 0 saturated carbocycles. The molecule has 0 bridgehead atoms. The second-order valence-corrected chi connectivity index (χ2v) is 5.08. The Morgan fingerprint density at radius 3 is 2.55 bits per heavy atom. The summed E-state index contributed by atoms with van der Waals surface area (Å²) < 4.78 is 20.8. The lowest BCUT2D eigenvalue weighted by Crippen LogP contribution is -2.14. The normalized spacial score (nSPS) is 10.1. The molecule has 0 aliphatic rings. The highest BCUT2D eigenvalue weighted by Gasteiger charge is 2.12. The maximum Gasteiger partial charge on any atom is 0.373 e. The molecule has 0 amide bonds. The van der Waals surface area contributed by atoms with Gasteiger partial charge in [0.25, 0.3) is 0 Å². The van der Waals surface area contributed by atoms with E-state index in [9.17, 15) is 9.59 Å². The fourth-order valence-electron chi connectivity index (χ4n) is 1.53. The molecule has 22 heavy (non-hydrogen) atoms. The molecule has 0 radical (unpaired) electrons. The SMILES string of the molecule is COC(=O)c1ccc(COC(=O)COc2ccc(Br)cc2)o1. The van der Waals surface area contributed by atoms with Crippen molar-refractivity contribution in [3.8, 4) is 5.75 Å². The first-order valence-electron chi connectivity index (χ1n) is 6.29. The third kappa shape index (κ3) is 4.63. The molecule has 1 heterocycles. The number of hydrogen-bond acceptors (Lipinski definition) is 6. The van der Waals surface area contributed by atoms with Crippen LogP contribution < -0.4 is 4.74 Å². The Morgan fingerprint density at radius 2 is 1.86 bits per heavy atom. The molecule has 2 aromatic rings. The Bertz CT molecular complexity index is 646. The van der Waals surface area contributed by atoms with Crippen molar-refractivity contribution in [2.75, 3.05) is 13.7 Å². The van der Waals surface area contributed by atoms with Crippen LogP contribution in [-0.2, 0) is 20.9 Å². The van der Waals surface area contributed by atoms with Crippen LogP contribution in [0, 0.1) is 0 Å². The van der Waals surface area contributed by atoms with E-state index >= 15 is 0 Å². The van der Waals surface area contributed by atoms with Crippen LogP contribution in [0.25, 0.3) is 0 Å². The number of hydrogen-bond donors (Lipinski definition) is 0. The molecule has 7 heteroatoms. The summed E-state index contributed by atoms with van der Waals surface area (Å²) in [4.78, 5) is 22.8. The van der Waals surface area contributed by atoms with Gasteiger partial charge >= 0.3 is 11.9 Å². The molecule has 0 saturated heterocycles. The molecule has 0 aliphatic heterocycles. The van der Waals surface area contributed by atoms with E-state index in [2.05, 4.69) is 20.7 Å². The van der Waals surface area contributed by atoms with Crippen molar-refractivity contribution in [2.45, 2.75) is 6.61 Å². The Balaban J connectivity index is 1.76. The van der Waals surface area contributed by atoms with Gasteiger partial charge in [-0.3, -0.25) is 0 Å². The number of carbonyl (C=O) groups is 2. The van der Waals surface area contributed by atoms with E-state index < -0.39 is 11.9 Å². The van der Waals surface area contributed by atoms with Gasteiger partial charge in [0.05, 0.1) is 7.11 Å². The van der Waals surface area contributed by atoms with Crippen LogP contribution in [-0.4, -0.2) is 25.7 Å². The lowest BCUT2D eigenvalue weighted by molar-refractivity contribution is -0.147. The van der Waals surface area contributed by atoms with Crippen molar-refractivity contribution in [3.05, 3.63) is 52.4 Å². The summed E-state index contributed by atoms with van der Waals surface area (Å²) in [5.41, 5.74) is 0. The van der Waals surface area contributed by atoms with Crippen molar-refractivity contribution in [1.82, 2.24) is 0 Å². The number of halogens is 1. The Morgan fingerprint density at radius 1 is 1.14 bits per heavy atom. The van der Waals surface area contributed by atoms with Gasteiger partial charge in [-0.05, 0) is 36.4 Å². The average Bonchev–Trinajstić information content (AvgIpc) is 3.00. The zero-order valence-electron chi connectivity index (χ0n) is 11.7. The smallest absolute Gasteiger partial charge is 0.373 e. The average molecular weight is 369 g/mol. The number of carbonyl (C=O) groups excluding carboxylic acids is 2. The summed E-state index contributed by atoms with van der Waals surface area (Å²) in [7, 11) is 1.25. The minimum atomic E-state index is -0.587. The van der Waals surface area contributed by atoms with Crippen molar-refractivity contribution >= 4 is 27.9 Å². The van der Waals surface area contributed by atoms with Gasteiger partial charge in [-0.25, -0.2) is 9.59 Å². The molecule has 0 N–H and O–H groups in total. The minimum Gasteiger partial charge on any atom is -0.482 e. The van der Waals surface area contributed by atoms with Crippen LogP contribution in [0.5, 0.6) is 5.75 Å². The van der Waals surface area contributed by atoms with Crippen molar-refractivity contribution in [2.24, 2.45) is 0 Å². The van der Waals surface area contributed by atoms with Gasteiger partial charge in [-0.1, -0.05) is 15.9 Å². The number of ether oxygens (including phenoxy) is 3. The number of rotatable bonds is 6. The maximum atomic E-state index is 11.6. The fraction of sp³-hybridized carbons (Fsp3) is 0.200. The Kier molecular flexibility index (Phi) is 5.60. The molecule has 1 aromatic heterocycles. The summed E-state index contributed by atoms with van der Waals surface area (Å²) in [6.45, 7) is -0.300. The molecule has 1 aromatic carbocycles. The minimum absolute atomic E-state index is 0.0552. The number of methoxy groups -OCH3 is 1. The van der Waals surface area contributed by atoms with E-state index in [1.54, 1.807) is 24.3 Å². The van der Waals surface area contributed by atoms with Crippen LogP contribution in [0.4, 0.5) is 0 Å². The lowest BCUT2D eigenvalue weighted by Gasteiger charge is -2.06. The van der Waals surface area contributed by atoms with E-state index in [-0.39, 0.29) is 19.0 Å². The molecule has 6 nitrogen and oxygen atoms in total.